The van der Waals surface area contributed by atoms with Gasteiger partial charge in [0.05, 0.1) is 6.61 Å². The minimum Gasteiger partial charge on any atom is -0.472 e. The number of ether oxygens (including phenoxy) is 1. The molecule has 1 rings (SSSR count). The van der Waals surface area contributed by atoms with Gasteiger partial charge in [0.15, 0.2) is 0 Å². The van der Waals surface area contributed by atoms with Crippen molar-refractivity contribution in [3.05, 3.63) is 30.3 Å². The van der Waals surface area contributed by atoms with Crippen molar-refractivity contribution < 1.29 is 9.53 Å². The molecular weight excluding hydrogens is 186 g/mol. The predicted molar refractivity (Wildman–Crippen MR) is 54.7 cm³/mol. The number of rotatable bonds is 3. The molecule has 4 heteroatoms. The average molecular weight is 196 g/mol. The quantitative estimate of drug-likeness (QED) is 0.690. The molecule has 0 heterocycles. The highest BCUT2D eigenvalue weighted by Gasteiger charge is 2.24. The van der Waals surface area contributed by atoms with E-state index in [2.05, 4.69) is 0 Å². The maximum absolute atomic E-state index is 11.2. The SMILES string of the molecule is CCOC(=O)B(Cl)c1ccccc1. The fraction of sp³-hybridized carbons (Fsp3) is 0.222. The highest BCUT2D eigenvalue weighted by Crippen LogP contribution is 1.97. The molecule has 0 spiro atoms. The van der Waals surface area contributed by atoms with E-state index in [4.69, 9.17) is 16.2 Å². The van der Waals surface area contributed by atoms with Crippen LogP contribution in [0.4, 0.5) is 4.79 Å². The van der Waals surface area contributed by atoms with Crippen LogP contribution >= 0.6 is 11.5 Å². The van der Waals surface area contributed by atoms with Crippen molar-refractivity contribution in [2.24, 2.45) is 0 Å². The molecule has 0 fully saturated rings. The molecule has 1 aromatic rings. The van der Waals surface area contributed by atoms with Crippen molar-refractivity contribution >= 4 is 28.9 Å². The van der Waals surface area contributed by atoms with Gasteiger partial charge in [-0.05, 0) is 6.92 Å². The Labute approximate surface area is 82.8 Å². The lowest BCUT2D eigenvalue weighted by molar-refractivity contribution is 0.179. The summed E-state index contributed by atoms with van der Waals surface area (Å²) in [7, 11) is 0. The van der Waals surface area contributed by atoms with Gasteiger partial charge in [0, 0.05) is 0 Å². The predicted octanol–water partition coefficient (Wildman–Crippen LogP) is 1.86. The summed E-state index contributed by atoms with van der Waals surface area (Å²) in [4.78, 5) is 11.2. The largest absolute Gasteiger partial charge is 0.472 e. The second kappa shape index (κ2) is 4.92. The fourth-order valence-electron chi connectivity index (χ4n) is 0.974. The number of carbonyl (C=O) groups is 1. The van der Waals surface area contributed by atoms with Gasteiger partial charge in [0.25, 0.3) is 5.87 Å². The number of hydrogen-bond acceptors (Lipinski definition) is 2. The topological polar surface area (TPSA) is 26.3 Å². The normalized spacial score (nSPS) is 9.38. The first-order valence-corrected chi connectivity index (χ1v) is 4.55. The van der Waals surface area contributed by atoms with Crippen LogP contribution in [-0.2, 0) is 4.74 Å². The molecule has 0 atom stereocenters. The van der Waals surface area contributed by atoms with E-state index < -0.39 is 12.0 Å². The zero-order valence-corrected chi connectivity index (χ0v) is 8.12. The summed E-state index contributed by atoms with van der Waals surface area (Å²) in [6.45, 7) is 2.11. The van der Waals surface area contributed by atoms with Crippen LogP contribution in [0.3, 0.4) is 0 Å². The lowest BCUT2D eigenvalue weighted by Crippen LogP contribution is -2.34. The molecule has 0 bridgehead atoms. The molecule has 0 unspecified atom stereocenters. The summed E-state index contributed by atoms with van der Waals surface area (Å²) in [5, 5.41) is 0. The highest BCUT2D eigenvalue weighted by atomic mass is 35.5. The van der Waals surface area contributed by atoms with Gasteiger partial charge in [-0.25, -0.2) is 0 Å². The van der Waals surface area contributed by atoms with E-state index in [0.717, 1.165) is 5.46 Å². The third kappa shape index (κ3) is 2.78. The van der Waals surface area contributed by atoms with Gasteiger partial charge >= 0.3 is 6.13 Å². The number of halogens is 1. The lowest BCUT2D eigenvalue weighted by atomic mass is 9.68. The molecule has 0 aliphatic heterocycles. The van der Waals surface area contributed by atoms with Crippen LogP contribution < -0.4 is 5.46 Å². The van der Waals surface area contributed by atoms with Crippen LogP contribution in [0.25, 0.3) is 0 Å². The van der Waals surface area contributed by atoms with Crippen LogP contribution in [0.1, 0.15) is 6.92 Å². The molecule has 0 aromatic heterocycles. The smallest absolute Gasteiger partial charge is 0.411 e. The lowest BCUT2D eigenvalue weighted by Gasteiger charge is -2.04. The second-order valence-corrected chi connectivity index (χ2v) is 2.96. The summed E-state index contributed by atoms with van der Waals surface area (Å²) >= 11 is 5.86. The molecule has 2 nitrogen and oxygen atoms in total. The molecule has 0 aliphatic rings. The first-order chi connectivity index (χ1) is 6.25. The van der Waals surface area contributed by atoms with E-state index in [0.29, 0.717) is 6.61 Å². The summed E-state index contributed by atoms with van der Waals surface area (Å²) in [6, 6.07) is 9.15. The molecule has 0 aliphatic carbocycles. The summed E-state index contributed by atoms with van der Waals surface area (Å²) in [5.74, 6) is -0.393. The second-order valence-electron chi connectivity index (χ2n) is 2.53. The monoisotopic (exact) mass is 196 g/mol. The van der Waals surface area contributed by atoms with Crippen LogP contribution in [0.2, 0.25) is 0 Å². The van der Waals surface area contributed by atoms with E-state index in [1.165, 1.54) is 0 Å². The van der Waals surface area contributed by atoms with E-state index in [9.17, 15) is 4.79 Å². The average Bonchev–Trinajstić information content (AvgIpc) is 2.18. The minimum atomic E-state index is -0.693. The standard InChI is InChI=1S/C9H10BClO2/c1-2-13-9(12)10(11)8-6-4-3-5-7-8/h3-7H,2H2,1H3. The molecule has 1 aromatic carbocycles. The van der Waals surface area contributed by atoms with E-state index in [1.807, 2.05) is 18.2 Å². The maximum Gasteiger partial charge on any atom is 0.411 e. The Balaban J connectivity index is 2.68. The zero-order chi connectivity index (χ0) is 9.68. The number of carbonyl (C=O) groups excluding carboxylic acids is 1. The van der Waals surface area contributed by atoms with Gasteiger partial charge in [-0.2, -0.15) is 11.5 Å². The Kier molecular flexibility index (Phi) is 3.84. The maximum atomic E-state index is 11.2. The van der Waals surface area contributed by atoms with Crippen molar-refractivity contribution in [1.29, 1.82) is 0 Å². The first kappa shape index (κ1) is 10.1. The van der Waals surface area contributed by atoms with Gasteiger partial charge in [-0.15, -0.1) is 0 Å². The van der Waals surface area contributed by atoms with E-state index >= 15 is 0 Å². The van der Waals surface area contributed by atoms with Gasteiger partial charge < -0.3 is 4.74 Å². The van der Waals surface area contributed by atoms with Gasteiger partial charge in [-0.3, -0.25) is 4.79 Å². The van der Waals surface area contributed by atoms with Gasteiger partial charge in [0.1, 0.15) is 0 Å². The summed E-state index contributed by atoms with van der Waals surface area (Å²) in [6.07, 6.45) is -0.693. The van der Waals surface area contributed by atoms with Crippen molar-refractivity contribution in [1.82, 2.24) is 0 Å². The third-order valence-electron chi connectivity index (χ3n) is 1.59. The molecule has 0 amide bonds. The highest BCUT2D eigenvalue weighted by molar-refractivity contribution is 7.29. The Morgan fingerprint density at radius 3 is 2.62 bits per heavy atom. The van der Waals surface area contributed by atoms with Crippen molar-refractivity contribution in [2.75, 3.05) is 6.61 Å². The van der Waals surface area contributed by atoms with Crippen molar-refractivity contribution in [2.45, 2.75) is 6.92 Å². The Bertz CT molecular complexity index is 276. The Morgan fingerprint density at radius 1 is 1.46 bits per heavy atom. The molecule has 0 saturated heterocycles. The molecule has 0 radical (unpaired) electrons. The number of hydrogen-bond donors (Lipinski definition) is 0. The molecule has 0 N–H and O–H groups in total. The Hall–Kier alpha value is -0.955. The number of benzene rings is 1. The fourth-order valence-corrected chi connectivity index (χ4v) is 1.18. The Morgan fingerprint density at radius 2 is 2.08 bits per heavy atom. The van der Waals surface area contributed by atoms with Crippen molar-refractivity contribution in [3.8, 4) is 0 Å². The van der Waals surface area contributed by atoms with Crippen molar-refractivity contribution in [3.63, 3.8) is 0 Å². The van der Waals surface area contributed by atoms with E-state index in [-0.39, 0.29) is 0 Å². The molecule has 0 saturated carbocycles. The van der Waals surface area contributed by atoms with E-state index in [1.54, 1.807) is 19.1 Å². The van der Waals surface area contributed by atoms with Gasteiger partial charge in [0.2, 0.25) is 0 Å². The summed E-state index contributed by atoms with van der Waals surface area (Å²) in [5.41, 5.74) is 0.766. The summed E-state index contributed by atoms with van der Waals surface area (Å²) < 4.78 is 4.79. The van der Waals surface area contributed by atoms with Crippen LogP contribution in [0.5, 0.6) is 0 Å². The molecule has 68 valence electrons. The van der Waals surface area contributed by atoms with Gasteiger partial charge in [-0.1, -0.05) is 35.8 Å². The van der Waals surface area contributed by atoms with Crippen LogP contribution in [0.15, 0.2) is 30.3 Å². The third-order valence-corrected chi connectivity index (χ3v) is 2.02. The van der Waals surface area contributed by atoms with Crippen LogP contribution in [-0.4, -0.2) is 18.6 Å². The minimum absolute atomic E-state index is 0.356. The first-order valence-electron chi connectivity index (χ1n) is 4.11. The molecular formula is C9H10BClO2. The molecule has 13 heavy (non-hydrogen) atoms. The zero-order valence-electron chi connectivity index (χ0n) is 7.37. The van der Waals surface area contributed by atoms with Crippen LogP contribution in [0, 0.1) is 0 Å².